The number of rotatable bonds is 8. The SMILES string of the molecule is C=Cc1cccc(C(C(=O)Nc2c(C)cccc2C)N(C(=O)C(C)NC(=O)OC(C)(C)C)C(C)C)c1. The first-order chi connectivity index (χ1) is 16.7. The van der Waals surface area contributed by atoms with Gasteiger partial charge in [0.2, 0.25) is 5.91 Å². The lowest BCUT2D eigenvalue weighted by atomic mass is 9.98. The Hall–Kier alpha value is -3.61. The second-order valence-electron chi connectivity index (χ2n) is 10.2. The summed E-state index contributed by atoms with van der Waals surface area (Å²) < 4.78 is 5.32. The van der Waals surface area contributed by atoms with Gasteiger partial charge in [-0.2, -0.15) is 0 Å². The Morgan fingerprint density at radius 3 is 2.11 bits per heavy atom. The molecule has 7 nitrogen and oxygen atoms in total. The third-order valence-electron chi connectivity index (χ3n) is 5.63. The molecule has 194 valence electrons. The molecule has 0 saturated heterocycles. The predicted molar refractivity (Wildman–Crippen MR) is 145 cm³/mol. The largest absolute Gasteiger partial charge is 0.444 e. The highest BCUT2D eigenvalue weighted by atomic mass is 16.6. The van der Waals surface area contributed by atoms with Crippen molar-refractivity contribution >= 4 is 29.7 Å². The second kappa shape index (κ2) is 11.9. The quantitative estimate of drug-likeness (QED) is 0.488. The zero-order valence-electron chi connectivity index (χ0n) is 22.6. The standard InChI is InChI=1S/C29H39N3O4/c1-10-22-15-12-16-23(17-22)25(26(33)31-24-19(4)13-11-14-20(24)5)32(18(2)3)27(34)21(6)30-28(35)36-29(7,8)9/h10-18,21,25H,1H2,2-9H3,(H,30,35)(H,31,33). The fraction of sp³-hybridized carbons (Fsp3) is 0.414. The van der Waals surface area contributed by atoms with Gasteiger partial charge in [-0.25, -0.2) is 4.79 Å². The normalized spacial score (nSPS) is 12.9. The molecule has 2 N–H and O–H groups in total. The summed E-state index contributed by atoms with van der Waals surface area (Å²) in [5, 5.41) is 5.65. The number of para-hydroxylation sites is 1. The lowest BCUT2D eigenvalue weighted by Gasteiger charge is -2.36. The molecule has 2 rings (SSSR count). The number of benzene rings is 2. The summed E-state index contributed by atoms with van der Waals surface area (Å²) >= 11 is 0. The first-order valence-corrected chi connectivity index (χ1v) is 12.2. The number of hydrogen-bond acceptors (Lipinski definition) is 4. The van der Waals surface area contributed by atoms with Crippen LogP contribution in [0.25, 0.3) is 6.08 Å². The van der Waals surface area contributed by atoms with E-state index < -0.39 is 29.7 Å². The minimum absolute atomic E-state index is 0.346. The highest BCUT2D eigenvalue weighted by Gasteiger charge is 2.36. The fourth-order valence-corrected chi connectivity index (χ4v) is 3.95. The molecule has 0 spiro atoms. The highest BCUT2D eigenvalue weighted by Crippen LogP contribution is 2.29. The number of aryl methyl sites for hydroxylation is 2. The van der Waals surface area contributed by atoms with Gasteiger partial charge in [0.25, 0.3) is 5.91 Å². The molecule has 36 heavy (non-hydrogen) atoms. The van der Waals surface area contributed by atoms with Crippen molar-refractivity contribution in [2.75, 3.05) is 5.32 Å². The minimum atomic E-state index is -0.945. The summed E-state index contributed by atoms with van der Waals surface area (Å²) in [7, 11) is 0. The van der Waals surface area contributed by atoms with Gasteiger partial charge >= 0.3 is 6.09 Å². The Balaban J connectivity index is 2.50. The molecule has 2 unspecified atom stereocenters. The number of nitrogens with one attached hydrogen (secondary N) is 2. The topological polar surface area (TPSA) is 87.7 Å². The number of nitrogens with zero attached hydrogens (tertiary/aromatic N) is 1. The van der Waals surface area contributed by atoms with Gasteiger partial charge in [0.1, 0.15) is 17.7 Å². The maximum absolute atomic E-state index is 13.9. The van der Waals surface area contributed by atoms with E-state index in [-0.39, 0.29) is 11.9 Å². The van der Waals surface area contributed by atoms with E-state index in [1.54, 1.807) is 33.8 Å². The van der Waals surface area contributed by atoms with Crippen LogP contribution < -0.4 is 10.6 Å². The maximum Gasteiger partial charge on any atom is 0.408 e. The Bertz CT molecular complexity index is 1100. The average Bonchev–Trinajstić information content (AvgIpc) is 2.77. The van der Waals surface area contributed by atoms with Crippen LogP contribution in [0.1, 0.15) is 69.8 Å². The summed E-state index contributed by atoms with van der Waals surface area (Å²) in [6.45, 7) is 18.2. The van der Waals surface area contributed by atoms with Crippen LogP contribution in [0.15, 0.2) is 49.0 Å². The van der Waals surface area contributed by atoms with Crippen molar-refractivity contribution < 1.29 is 19.1 Å². The van der Waals surface area contributed by atoms with Gasteiger partial charge in [-0.05, 0) is 83.7 Å². The zero-order valence-corrected chi connectivity index (χ0v) is 22.6. The summed E-state index contributed by atoms with van der Waals surface area (Å²) in [5.74, 6) is -0.748. The lowest BCUT2D eigenvalue weighted by molar-refractivity contribution is -0.142. The van der Waals surface area contributed by atoms with E-state index in [0.29, 0.717) is 11.3 Å². The third kappa shape index (κ3) is 7.44. The number of amides is 3. The first-order valence-electron chi connectivity index (χ1n) is 12.2. The first kappa shape index (κ1) is 28.6. The fourth-order valence-electron chi connectivity index (χ4n) is 3.95. The van der Waals surface area contributed by atoms with Crippen molar-refractivity contribution in [3.05, 3.63) is 71.3 Å². The smallest absolute Gasteiger partial charge is 0.408 e. The number of anilines is 1. The molecule has 0 aliphatic carbocycles. The zero-order chi connectivity index (χ0) is 27.2. The predicted octanol–water partition coefficient (Wildman–Crippen LogP) is 5.78. The van der Waals surface area contributed by atoms with Crippen molar-refractivity contribution in [1.82, 2.24) is 10.2 Å². The van der Waals surface area contributed by atoms with E-state index in [4.69, 9.17) is 4.74 Å². The molecule has 2 atom stereocenters. The van der Waals surface area contributed by atoms with Gasteiger partial charge in [0, 0.05) is 11.7 Å². The van der Waals surface area contributed by atoms with Crippen molar-refractivity contribution in [3.63, 3.8) is 0 Å². The monoisotopic (exact) mass is 493 g/mol. The van der Waals surface area contributed by atoms with Crippen LogP contribution in [0.3, 0.4) is 0 Å². The van der Waals surface area contributed by atoms with Gasteiger partial charge in [0.15, 0.2) is 0 Å². The number of alkyl carbamates (subject to hydrolysis) is 1. The van der Waals surface area contributed by atoms with Crippen LogP contribution in [0, 0.1) is 13.8 Å². The highest BCUT2D eigenvalue weighted by molar-refractivity contribution is 6.00. The summed E-state index contributed by atoms with van der Waals surface area (Å²) in [6.07, 6.45) is 0.996. The van der Waals surface area contributed by atoms with Crippen LogP contribution in [-0.2, 0) is 14.3 Å². The molecule has 0 saturated carbocycles. The Morgan fingerprint density at radius 2 is 1.58 bits per heavy atom. The van der Waals surface area contributed by atoms with Crippen LogP contribution >= 0.6 is 0 Å². The Labute approximate surface area is 214 Å². The summed E-state index contributed by atoms with van der Waals surface area (Å²) in [4.78, 5) is 41.4. The van der Waals surface area contributed by atoms with Gasteiger partial charge in [0.05, 0.1) is 0 Å². The van der Waals surface area contributed by atoms with Gasteiger partial charge < -0.3 is 20.3 Å². The van der Waals surface area contributed by atoms with E-state index in [0.717, 1.165) is 16.7 Å². The molecule has 2 aromatic rings. The molecule has 7 heteroatoms. The van der Waals surface area contributed by atoms with E-state index in [1.165, 1.54) is 4.90 Å². The number of carbonyl (C=O) groups is 3. The van der Waals surface area contributed by atoms with Crippen molar-refractivity contribution in [2.45, 2.75) is 79.1 Å². The Morgan fingerprint density at radius 1 is 1.00 bits per heavy atom. The van der Waals surface area contributed by atoms with Gasteiger partial charge in [-0.3, -0.25) is 9.59 Å². The van der Waals surface area contributed by atoms with Gasteiger partial charge in [-0.15, -0.1) is 0 Å². The molecule has 0 fully saturated rings. The minimum Gasteiger partial charge on any atom is -0.444 e. The molecule has 3 amide bonds. The summed E-state index contributed by atoms with van der Waals surface area (Å²) in [6, 6.07) is 10.9. The van der Waals surface area contributed by atoms with E-state index in [9.17, 15) is 14.4 Å². The van der Waals surface area contributed by atoms with Crippen LogP contribution in [0.4, 0.5) is 10.5 Å². The second-order valence-corrected chi connectivity index (χ2v) is 10.2. The van der Waals surface area contributed by atoms with Gasteiger partial charge in [-0.1, -0.05) is 49.1 Å². The summed E-state index contributed by atoms with van der Waals surface area (Å²) in [5.41, 5.74) is 3.32. The van der Waals surface area contributed by atoms with Crippen LogP contribution in [0.5, 0.6) is 0 Å². The van der Waals surface area contributed by atoms with E-state index in [1.807, 2.05) is 70.2 Å². The van der Waals surface area contributed by atoms with Crippen molar-refractivity contribution in [1.29, 1.82) is 0 Å². The molecule has 0 heterocycles. The average molecular weight is 494 g/mol. The molecule has 0 aliphatic heterocycles. The lowest BCUT2D eigenvalue weighted by Crippen LogP contribution is -2.53. The van der Waals surface area contributed by atoms with Crippen molar-refractivity contribution in [2.24, 2.45) is 0 Å². The molecule has 0 aromatic heterocycles. The molecular weight excluding hydrogens is 454 g/mol. The van der Waals surface area contributed by atoms with Crippen LogP contribution in [0.2, 0.25) is 0 Å². The van der Waals surface area contributed by atoms with E-state index >= 15 is 0 Å². The van der Waals surface area contributed by atoms with Crippen molar-refractivity contribution in [3.8, 4) is 0 Å². The van der Waals surface area contributed by atoms with Crippen LogP contribution in [-0.4, -0.2) is 40.5 Å². The molecule has 0 radical (unpaired) electrons. The number of carbonyl (C=O) groups excluding carboxylic acids is 3. The number of ether oxygens (including phenoxy) is 1. The maximum atomic E-state index is 13.9. The molecule has 0 aliphatic rings. The Kier molecular flexibility index (Phi) is 9.45. The third-order valence-corrected chi connectivity index (χ3v) is 5.63. The molecular formula is C29H39N3O4. The molecule has 2 aromatic carbocycles. The number of hydrogen-bond donors (Lipinski definition) is 2. The van der Waals surface area contributed by atoms with E-state index in [2.05, 4.69) is 17.2 Å². The molecule has 0 bridgehead atoms.